The summed E-state index contributed by atoms with van der Waals surface area (Å²) in [5.74, 6) is -0.143. The Hall–Kier alpha value is -2.96. The lowest BCUT2D eigenvalue weighted by molar-refractivity contribution is 0.102. The van der Waals surface area contributed by atoms with Gasteiger partial charge in [-0.3, -0.25) is 10.1 Å². The molecular weight excluding hydrogens is 356 g/mol. The molecule has 0 saturated carbocycles. The number of H-pyrrole nitrogens is 1. The maximum absolute atomic E-state index is 12.6. The molecule has 5 nitrogen and oxygen atoms in total. The van der Waals surface area contributed by atoms with E-state index in [1.54, 1.807) is 0 Å². The van der Waals surface area contributed by atoms with Gasteiger partial charge >= 0.3 is 0 Å². The molecule has 0 aliphatic heterocycles. The van der Waals surface area contributed by atoms with Crippen molar-refractivity contribution in [1.82, 2.24) is 14.9 Å². The number of fused-ring (bicyclic) bond motifs is 1. The molecule has 0 spiro atoms. The van der Waals surface area contributed by atoms with Crippen molar-refractivity contribution in [2.45, 2.75) is 6.54 Å². The number of hydrogen-bond acceptors (Lipinski definition) is 4. The van der Waals surface area contributed by atoms with Gasteiger partial charge in [-0.15, -0.1) is 11.3 Å². The van der Waals surface area contributed by atoms with E-state index in [-0.39, 0.29) is 5.91 Å². The van der Waals surface area contributed by atoms with Crippen LogP contribution in [0.25, 0.3) is 22.2 Å². The first-order valence-corrected chi connectivity index (χ1v) is 9.55. The van der Waals surface area contributed by atoms with Crippen LogP contribution in [0.4, 0.5) is 5.13 Å². The van der Waals surface area contributed by atoms with Crippen LogP contribution in [0.3, 0.4) is 0 Å². The van der Waals surface area contributed by atoms with Gasteiger partial charge in [0, 0.05) is 40.2 Å². The third-order valence-corrected chi connectivity index (χ3v) is 5.04. The van der Waals surface area contributed by atoms with Crippen molar-refractivity contribution in [3.63, 3.8) is 0 Å². The van der Waals surface area contributed by atoms with E-state index in [1.165, 1.54) is 11.3 Å². The lowest BCUT2D eigenvalue weighted by atomic mass is 10.1. The van der Waals surface area contributed by atoms with Gasteiger partial charge < -0.3 is 9.88 Å². The third-order valence-electron chi connectivity index (χ3n) is 4.28. The molecule has 0 unspecified atom stereocenters. The van der Waals surface area contributed by atoms with Gasteiger partial charge in [-0.1, -0.05) is 30.3 Å². The summed E-state index contributed by atoms with van der Waals surface area (Å²) in [5, 5.41) is 6.60. The van der Waals surface area contributed by atoms with E-state index in [0.717, 1.165) is 34.3 Å². The Morgan fingerprint density at radius 2 is 2.04 bits per heavy atom. The van der Waals surface area contributed by atoms with Crippen LogP contribution in [0.1, 0.15) is 15.9 Å². The summed E-state index contributed by atoms with van der Waals surface area (Å²) in [6.07, 6.45) is 1.95. The molecule has 0 aliphatic carbocycles. The Kier molecular flexibility index (Phi) is 4.75. The zero-order valence-corrected chi connectivity index (χ0v) is 16.0. The third kappa shape index (κ3) is 3.77. The van der Waals surface area contributed by atoms with E-state index in [0.29, 0.717) is 10.7 Å². The zero-order chi connectivity index (χ0) is 18.8. The minimum atomic E-state index is -0.143. The van der Waals surface area contributed by atoms with Gasteiger partial charge in [0.15, 0.2) is 5.13 Å². The van der Waals surface area contributed by atoms with Crippen LogP contribution in [-0.2, 0) is 6.54 Å². The van der Waals surface area contributed by atoms with Crippen molar-refractivity contribution < 1.29 is 4.79 Å². The molecule has 1 amide bonds. The zero-order valence-electron chi connectivity index (χ0n) is 15.2. The fourth-order valence-electron chi connectivity index (χ4n) is 3.08. The van der Waals surface area contributed by atoms with Crippen molar-refractivity contribution in [3.05, 3.63) is 71.2 Å². The summed E-state index contributed by atoms with van der Waals surface area (Å²) in [6, 6.07) is 15.8. The van der Waals surface area contributed by atoms with Crippen molar-refractivity contribution in [1.29, 1.82) is 0 Å². The number of anilines is 1. The predicted molar refractivity (Wildman–Crippen MR) is 111 cm³/mol. The van der Waals surface area contributed by atoms with E-state index in [2.05, 4.69) is 26.3 Å². The van der Waals surface area contributed by atoms with E-state index in [9.17, 15) is 4.79 Å². The molecule has 136 valence electrons. The average Bonchev–Trinajstić information content (AvgIpc) is 3.28. The number of carbonyl (C=O) groups excluding carboxylic acids is 1. The number of para-hydroxylation sites is 1. The van der Waals surface area contributed by atoms with Crippen molar-refractivity contribution in [3.8, 4) is 11.3 Å². The SMILES string of the molecule is CN(C)Cc1cccc(C(=O)Nc2nc(-c3c[nH]c4ccccc34)cs2)c1. The highest BCUT2D eigenvalue weighted by Crippen LogP contribution is 2.31. The maximum Gasteiger partial charge on any atom is 0.257 e. The fourth-order valence-corrected chi connectivity index (χ4v) is 3.79. The summed E-state index contributed by atoms with van der Waals surface area (Å²) in [4.78, 5) is 22.5. The first-order chi connectivity index (χ1) is 13.1. The topological polar surface area (TPSA) is 61.0 Å². The molecular formula is C21H20N4OS. The van der Waals surface area contributed by atoms with E-state index in [1.807, 2.05) is 68.1 Å². The van der Waals surface area contributed by atoms with Crippen LogP contribution in [0.5, 0.6) is 0 Å². The number of nitrogens with zero attached hydrogens (tertiary/aromatic N) is 2. The number of nitrogens with one attached hydrogen (secondary N) is 2. The molecule has 2 aromatic carbocycles. The van der Waals surface area contributed by atoms with Crippen LogP contribution >= 0.6 is 11.3 Å². The highest BCUT2D eigenvalue weighted by atomic mass is 32.1. The molecule has 0 saturated heterocycles. The Morgan fingerprint density at radius 3 is 2.89 bits per heavy atom. The number of amides is 1. The number of carbonyl (C=O) groups is 1. The molecule has 0 fully saturated rings. The quantitative estimate of drug-likeness (QED) is 0.535. The second-order valence-corrected chi connectivity index (χ2v) is 7.54. The van der Waals surface area contributed by atoms with E-state index < -0.39 is 0 Å². The van der Waals surface area contributed by atoms with Crippen LogP contribution < -0.4 is 5.32 Å². The lowest BCUT2D eigenvalue weighted by Crippen LogP contribution is -2.14. The second-order valence-electron chi connectivity index (χ2n) is 6.68. The summed E-state index contributed by atoms with van der Waals surface area (Å²) >= 11 is 1.43. The molecule has 4 rings (SSSR count). The van der Waals surface area contributed by atoms with Gasteiger partial charge in [-0.05, 0) is 37.9 Å². The maximum atomic E-state index is 12.6. The van der Waals surface area contributed by atoms with E-state index >= 15 is 0 Å². The van der Waals surface area contributed by atoms with Gasteiger partial charge in [-0.2, -0.15) is 0 Å². The van der Waals surface area contributed by atoms with Crippen molar-refractivity contribution in [2.75, 3.05) is 19.4 Å². The van der Waals surface area contributed by atoms with Gasteiger partial charge in [0.25, 0.3) is 5.91 Å². The number of rotatable bonds is 5. The normalized spacial score (nSPS) is 11.2. The van der Waals surface area contributed by atoms with Crippen LogP contribution in [-0.4, -0.2) is 34.9 Å². The number of benzene rings is 2. The minimum absolute atomic E-state index is 0.143. The fraction of sp³-hybridized carbons (Fsp3) is 0.143. The van der Waals surface area contributed by atoms with Gasteiger partial charge in [0.2, 0.25) is 0 Å². The lowest BCUT2D eigenvalue weighted by Gasteiger charge is -2.10. The number of aromatic nitrogens is 2. The molecule has 0 atom stereocenters. The molecule has 0 radical (unpaired) electrons. The van der Waals surface area contributed by atoms with Gasteiger partial charge in [-0.25, -0.2) is 4.98 Å². The molecule has 27 heavy (non-hydrogen) atoms. The first-order valence-electron chi connectivity index (χ1n) is 8.67. The summed E-state index contributed by atoms with van der Waals surface area (Å²) in [5.41, 5.74) is 4.71. The Morgan fingerprint density at radius 1 is 1.19 bits per heavy atom. The van der Waals surface area contributed by atoms with E-state index in [4.69, 9.17) is 0 Å². The molecule has 6 heteroatoms. The Balaban J connectivity index is 1.53. The first kappa shape index (κ1) is 17.5. The Bertz CT molecular complexity index is 1100. The molecule has 2 heterocycles. The highest BCUT2D eigenvalue weighted by molar-refractivity contribution is 7.14. The summed E-state index contributed by atoms with van der Waals surface area (Å²) in [6.45, 7) is 0.795. The number of aromatic amines is 1. The molecule has 4 aromatic rings. The number of thiazole rings is 1. The second kappa shape index (κ2) is 7.34. The largest absolute Gasteiger partial charge is 0.360 e. The molecule has 2 aromatic heterocycles. The molecule has 0 aliphatic rings. The average molecular weight is 376 g/mol. The van der Waals surface area contributed by atoms with Gasteiger partial charge in [0.05, 0.1) is 5.69 Å². The number of hydrogen-bond donors (Lipinski definition) is 2. The smallest absolute Gasteiger partial charge is 0.257 e. The van der Waals surface area contributed by atoms with Crippen LogP contribution in [0.15, 0.2) is 60.1 Å². The molecule has 2 N–H and O–H groups in total. The highest BCUT2D eigenvalue weighted by Gasteiger charge is 2.13. The Labute approximate surface area is 161 Å². The van der Waals surface area contributed by atoms with Crippen molar-refractivity contribution in [2.24, 2.45) is 0 Å². The predicted octanol–water partition coefficient (Wildman–Crippen LogP) is 4.61. The van der Waals surface area contributed by atoms with Crippen LogP contribution in [0, 0.1) is 0 Å². The molecule has 0 bridgehead atoms. The minimum Gasteiger partial charge on any atom is -0.360 e. The summed E-state index contributed by atoms with van der Waals surface area (Å²) in [7, 11) is 4.02. The van der Waals surface area contributed by atoms with Crippen molar-refractivity contribution >= 4 is 33.3 Å². The van der Waals surface area contributed by atoms with Gasteiger partial charge in [0.1, 0.15) is 0 Å². The monoisotopic (exact) mass is 376 g/mol. The summed E-state index contributed by atoms with van der Waals surface area (Å²) < 4.78 is 0. The standard InChI is InChI=1S/C21H20N4OS/c1-25(2)12-14-6-5-7-15(10-14)20(26)24-21-23-19(13-27-21)17-11-22-18-9-4-3-8-16(17)18/h3-11,13,22H,12H2,1-2H3,(H,23,24,26). The van der Waals surface area contributed by atoms with Crippen LogP contribution in [0.2, 0.25) is 0 Å².